The van der Waals surface area contributed by atoms with Crippen LogP contribution in [0, 0.1) is 0 Å². The fourth-order valence-corrected chi connectivity index (χ4v) is 2.01. The molecule has 2 unspecified atom stereocenters. The summed E-state index contributed by atoms with van der Waals surface area (Å²) in [6, 6.07) is 0.298. The van der Waals surface area contributed by atoms with Gasteiger partial charge in [-0.3, -0.25) is 0 Å². The molecule has 2 atom stereocenters. The normalized spacial score (nSPS) is 28.0. The summed E-state index contributed by atoms with van der Waals surface area (Å²) >= 11 is 0. The molecule has 3 nitrogen and oxygen atoms in total. The van der Waals surface area contributed by atoms with Crippen molar-refractivity contribution in [2.75, 3.05) is 13.7 Å². The molecular weight excluding hydrogens is 190 g/mol. The van der Waals surface area contributed by atoms with Crippen molar-refractivity contribution in [2.24, 2.45) is 0 Å². The lowest BCUT2D eigenvalue weighted by Crippen LogP contribution is -2.43. The van der Waals surface area contributed by atoms with Crippen LogP contribution in [0.4, 0.5) is 0 Å². The van der Waals surface area contributed by atoms with Crippen molar-refractivity contribution in [2.45, 2.75) is 63.7 Å². The number of hydrogen-bond acceptors (Lipinski definition) is 3. The molecule has 1 rings (SSSR count). The van der Waals surface area contributed by atoms with Crippen molar-refractivity contribution in [3.63, 3.8) is 0 Å². The maximum absolute atomic E-state index is 9.76. The molecule has 15 heavy (non-hydrogen) atoms. The van der Waals surface area contributed by atoms with Gasteiger partial charge in [-0.15, -0.1) is 0 Å². The Morgan fingerprint density at radius 2 is 2.00 bits per heavy atom. The summed E-state index contributed by atoms with van der Waals surface area (Å²) in [6.07, 6.45) is 5.29. The molecule has 0 radical (unpaired) electrons. The molecule has 0 spiro atoms. The van der Waals surface area contributed by atoms with E-state index in [1.807, 2.05) is 0 Å². The third-order valence-electron chi connectivity index (χ3n) is 3.42. The highest BCUT2D eigenvalue weighted by Gasteiger charge is 2.23. The van der Waals surface area contributed by atoms with E-state index in [9.17, 15) is 5.11 Å². The first-order chi connectivity index (χ1) is 7.05. The van der Waals surface area contributed by atoms with Gasteiger partial charge < -0.3 is 15.2 Å². The number of nitrogens with one attached hydrogen (secondary N) is 1. The molecule has 0 aromatic heterocycles. The minimum atomic E-state index is -0.149. The standard InChI is InChI=1S/C12H25NO2/c1-12(2,15-3)8-9-13-10-6-4-5-7-11(10)14/h10-11,13-14H,4-9H2,1-3H3. The quantitative estimate of drug-likeness (QED) is 0.733. The molecular formula is C12H25NO2. The highest BCUT2D eigenvalue weighted by atomic mass is 16.5. The van der Waals surface area contributed by atoms with E-state index in [1.165, 1.54) is 12.8 Å². The third-order valence-corrected chi connectivity index (χ3v) is 3.42. The number of ether oxygens (including phenoxy) is 1. The Morgan fingerprint density at radius 1 is 1.33 bits per heavy atom. The minimum Gasteiger partial charge on any atom is -0.392 e. The summed E-state index contributed by atoms with van der Waals surface area (Å²) in [5, 5.41) is 13.2. The Labute approximate surface area is 93.2 Å². The minimum absolute atomic E-state index is 0.0629. The van der Waals surface area contributed by atoms with Crippen LogP contribution in [0.2, 0.25) is 0 Å². The highest BCUT2D eigenvalue weighted by molar-refractivity contribution is 4.81. The summed E-state index contributed by atoms with van der Waals surface area (Å²) < 4.78 is 5.35. The number of methoxy groups -OCH3 is 1. The van der Waals surface area contributed by atoms with Crippen molar-refractivity contribution < 1.29 is 9.84 Å². The van der Waals surface area contributed by atoms with E-state index >= 15 is 0 Å². The van der Waals surface area contributed by atoms with Gasteiger partial charge >= 0.3 is 0 Å². The van der Waals surface area contributed by atoms with Gasteiger partial charge in [-0.2, -0.15) is 0 Å². The number of aliphatic hydroxyl groups excluding tert-OH is 1. The highest BCUT2D eigenvalue weighted by Crippen LogP contribution is 2.19. The first kappa shape index (κ1) is 12.9. The molecule has 0 bridgehead atoms. The summed E-state index contributed by atoms with van der Waals surface area (Å²) in [4.78, 5) is 0. The Hall–Kier alpha value is -0.120. The predicted molar refractivity (Wildman–Crippen MR) is 62.0 cm³/mol. The summed E-state index contributed by atoms with van der Waals surface area (Å²) in [6.45, 7) is 5.10. The zero-order valence-electron chi connectivity index (χ0n) is 10.3. The molecule has 90 valence electrons. The molecule has 0 aromatic rings. The molecule has 0 aliphatic heterocycles. The second kappa shape index (κ2) is 5.83. The largest absolute Gasteiger partial charge is 0.392 e. The second-order valence-electron chi connectivity index (χ2n) is 5.13. The van der Waals surface area contributed by atoms with Crippen LogP contribution in [0.25, 0.3) is 0 Å². The van der Waals surface area contributed by atoms with Crippen molar-refractivity contribution in [1.29, 1.82) is 0 Å². The molecule has 0 amide bonds. The van der Waals surface area contributed by atoms with Crippen LogP contribution >= 0.6 is 0 Å². The van der Waals surface area contributed by atoms with E-state index in [0.717, 1.165) is 25.8 Å². The van der Waals surface area contributed by atoms with E-state index in [0.29, 0.717) is 6.04 Å². The van der Waals surface area contributed by atoms with Crippen LogP contribution in [-0.4, -0.2) is 36.5 Å². The van der Waals surface area contributed by atoms with Gasteiger partial charge in [-0.05, 0) is 39.7 Å². The van der Waals surface area contributed by atoms with Gasteiger partial charge in [-0.25, -0.2) is 0 Å². The number of aliphatic hydroxyl groups is 1. The Kier molecular flexibility index (Phi) is 5.03. The molecule has 0 aromatic carbocycles. The third kappa shape index (κ3) is 4.49. The Balaban J connectivity index is 2.19. The monoisotopic (exact) mass is 215 g/mol. The lowest BCUT2D eigenvalue weighted by Gasteiger charge is -2.30. The average Bonchev–Trinajstić information content (AvgIpc) is 2.21. The van der Waals surface area contributed by atoms with E-state index in [-0.39, 0.29) is 11.7 Å². The zero-order chi connectivity index (χ0) is 11.3. The van der Waals surface area contributed by atoms with E-state index in [2.05, 4.69) is 19.2 Å². The maximum atomic E-state index is 9.76. The SMILES string of the molecule is COC(C)(C)CCNC1CCCCC1O. The molecule has 0 saturated heterocycles. The van der Waals surface area contributed by atoms with E-state index in [4.69, 9.17) is 4.74 Å². The first-order valence-corrected chi connectivity index (χ1v) is 6.02. The predicted octanol–water partition coefficient (Wildman–Crippen LogP) is 1.69. The number of rotatable bonds is 5. The summed E-state index contributed by atoms with van der Waals surface area (Å²) in [5.41, 5.74) is -0.0629. The van der Waals surface area contributed by atoms with Gasteiger partial charge in [-0.1, -0.05) is 12.8 Å². The molecule has 1 aliphatic carbocycles. The molecule has 0 heterocycles. The van der Waals surface area contributed by atoms with Crippen LogP contribution in [-0.2, 0) is 4.74 Å². The molecule has 1 aliphatic rings. The maximum Gasteiger partial charge on any atom is 0.0693 e. The molecule has 3 heteroatoms. The summed E-state index contributed by atoms with van der Waals surface area (Å²) in [7, 11) is 1.75. The van der Waals surface area contributed by atoms with Crippen molar-refractivity contribution >= 4 is 0 Å². The van der Waals surface area contributed by atoms with E-state index in [1.54, 1.807) is 7.11 Å². The Bertz CT molecular complexity index is 182. The van der Waals surface area contributed by atoms with E-state index < -0.39 is 0 Å². The molecule has 1 saturated carbocycles. The molecule has 2 N–H and O–H groups in total. The zero-order valence-corrected chi connectivity index (χ0v) is 10.3. The van der Waals surface area contributed by atoms with Gasteiger partial charge in [0.15, 0.2) is 0 Å². The van der Waals surface area contributed by atoms with Crippen LogP contribution < -0.4 is 5.32 Å². The lowest BCUT2D eigenvalue weighted by atomic mass is 9.92. The van der Waals surface area contributed by atoms with Crippen molar-refractivity contribution in [1.82, 2.24) is 5.32 Å². The lowest BCUT2D eigenvalue weighted by molar-refractivity contribution is 0.0126. The van der Waals surface area contributed by atoms with Gasteiger partial charge in [0, 0.05) is 13.2 Å². The van der Waals surface area contributed by atoms with Crippen LogP contribution in [0.15, 0.2) is 0 Å². The van der Waals surface area contributed by atoms with Crippen molar-refractivity contribution in [3.05, 3.63) is 0 Å². The van der Waals surface area contributed by atoms with Gasteiger partial charge in [0.2, 0.25) is 0 Å². The Morgan fingerprint density at radius 3 is 2.60 bits per heavy atom. The average molecular weight is 215 g/mol. The summed E-state index contributed by atoms with van der Waals surface area (Å²) in [5.74, 6) is 0. The van der Waals surface area contributed by atoms with Crippen LogP contribution in [0.3, 0.4) is 0 Å². The smallest absolute Gasteiger partial charge is 0.0693 e. The van der Waals surface area contributed by atoms with Crippen LogP contribution in [0.1, 0.15) is 46.0 Å². The second-order valence-corrected chi connectivity index (χ2v) is 5.13. The van der Waals surface area contributed by atoms with Crippen LogP contribution in [0.5, 0.6) is 0 Å². The van der Waals surface area contributed by atoms with Gasteiger partial charge in [0.25, 0.3) is 0 Å². The van der Waals surface area contributed by atoms with Gasteiger partial charge in [0.05, 0.1) is 11.7 Å². The fraction of sp³-hybridized carbons (Fsp3) is 1.00. The van der Waals surface area contributed by atoms with Crippen molar-refractivity contribution in [3.8, 4) is 0 Å². The number of hydrogen-bond donors (Lipinski definition) is 2. The molecule has 1 fully saturated rings. The first-order valence-electron chi connectivity index (χ1n) is 6.02. The fourth-order valence-electron chi connectivity index (χ4n) is 2.01. The van der Waals surface area contributed by atoms with Gasteiger partial charge in [0.1, 0.15) is 0 Å². The topological polar surface area (TPSA) is 41.5 Å².